The van der Waals surface area contributed by atoms with Crippen molar-refractivity contribution in [3.05, 3.63) is 94.0 Å². The van der Waals surface area contributed by atoms with Crippen molar-refractivity contribution < 1.29 is 22.4 Å². The van der Waals surface area contributed by atoms with Gasteiger partial charge in [-0.05, 0) is 48.7 Å². The molecule has 0 fully saturated rings. The van der Waals surface area contributed by atoms with Gasteiger partial charge in [-0.3, -0.25) is 9.48 Å². The van der Waals surface area contributed by atoms with E-state index in [0.29, 0.717) is 29.2 Å². The molecule has 11 heteroatoms. The molecule has 6 nitrogen and oxygen atoms in total. The zero-order valence-electron chi connectivity index (χ0n) is 20.2. The lowest BCUT2D eigenvalue weighted by molar-refractivity contribution is -0.140. The third-order valence-electron chi connectivity index (χ3n) is 6.15. The summed E-state index contributed by atoms with van der Waals surface area (Å²) >= 11 is 0.765. The highest BCUT2D eigenvalue weighted by atomic mass is 32.1. The predicted octanol–water partition coefficient (Wildman–Crippen LogP) is 6.82. The predicted molar refractivity (Wildman–Crippen MR) is 140 cm³/mol. The normalized spacial score (nSPS) is 11.7. The van der Waals surface area contributed by atoms with Gasteiger partial charge in [-0.2, -0.15) is 18.3 Å². The Morgan fingerprint density at radius 3 is 2.42 bits per heavy atom. The van der Waals surface area contributed by atoms with E-state index < -0.39 is 23.6 Å². The van der Waals surface area contributed by atoms with E-state index in [4.69, 9.17) is 5.73 Å². The summed E-state index contributed by atoms with van der Waals surface area (Å²) in [5, 5.41) is 7.55. The molecule has 0 atom stereocenters. The van der Waals surface area contributed by atoms with Gasteiger partial charge < -0.3 is 11.1 Å². The van der Waals surface area contributed by atoms with Crippen LogP contribution in [0.1, 0.15) is 32.3 Å². The number of carbonyl (C=O) groups excluding carboxylic acids is 1. The quantitative estimate of drug-likeness (QED) is 0.240. The fourth-order valence-corrected chi connectivity index (χ4v) is 5.27. The Bertz CT molecular complexity index is 1660. The van der Waals surface area contributed by atoms with E-state index in [9.17, 15) is 22.4 Å². The number of aromatic nitrogens is 3. The first-order chi connectivity index (χ1) is 18.0. The van der Waals surface area contributed by atoms with Gasteiger partial charge in [0.1, 0.15) is 21.2 Å². The average Bonchev–Trinajstić information content (AvgIpc) is 3.35. The van der Waals surface area contributed by atoms with Gasteiger partial charge in [0.25, 0.3) is 5.91 Å². The molecule has 1 amide bonds. The molecule has 0 unspecified atom stereocenters. The molecule has 0 spiro atoms. The number of hydrogen-bond acceptors (Lipinski definition) is 5. The standard InChI is InChI=1S/C27H21F4N5OS/c1-14-23(15(2)36(35-14)13-16-6-4-3-5-7-16)34-25(37)24-22(32)21-19(17-8-10-18(28)11-9-17)12-20(27(29,30)31)33-26(21)38-24/h3-12H,13,32H2,1-2H3,(H,34,37). The highest BCUT2D eigenvalue weighted by molar-refractivity contribution is 7.21. The van der Waals surface area contributed by atoms with Crippen LogP contribution in [0.25, 0.3) is 21.3 Å². The first-order valence-electron chi connectivity index (χ1n) is 11.5. The zero-order chi connectivity index (χ0) is 27.2. The minimum atomic E-state index is -4.73. The fraction of sp³-hybridized carbons (Fsp3) is 0.148. The van der Waals surface area contributed by atoms with Gasteiger partial charge in [-0.25, -0.2) is 9.37 Å². The van der Waals surface area contributed by atoms with Gasteiger partial charge in [0.2, 0.25) is 0 Å². The van der Waals surface area contributed by atoms with E-state index in [1.54, 1.807) is 11.6 Å². The monoisotopic (exact) mass is 539 g/mol. The smallest absolute Gasteiger partial charge is 0.397 e. The van der Waals surface area contributed by atoms with Crippen molar-refractivity contribution in [3.8, 4) is 11.1 Å². The van der Waals surface area contributed by atoms with E-state index in [-0.39, 0.29) is 26.3 Å². The molecule has 194 valence electrons. The number of hydrogen-bond donors (Lipinski definition) is 2. The van der Waals surface area contributed by atoms with Crippen molar-refractivity contribution in [1.82, 2.24) is 14.8 Å². The molecule has 0 aliphatic rings. The number of nitrogens with zero attached hydrogens (tertiary/aromatic N) is 3. The van der Waals surface area contributed by atoms with Crippen molar-refractivity contribution in [2.24, 2.45) is 0 Å². The van der Waals surface area contributed by atoms with Crippen molar-refractivity contribution in [2.45, 2.75) is 26.6 Å². The van der Waals surface area contributed by atoms with Crippen molar-refractivity contribution in [2.75, 3.05) is 11.1 Å². The van der Waals surface area contributed by atoms with Crippen LogP contribution in [0.3, 0.4) is 0 Å². The highest BCUT2D eigenvalue weighted by Gasteiger charge is 2.35. The van der Waals surface area contributed by atoms with Crippen LogP contribution in [0.5, 0.6) is 0 Å². The summed E-state index contributed by atoms with van der Waals surface area (Å²) in [6.45, 7) is 4.07. The number of anilines is 2. The molecule has 38 heavy (non-hydrogen) atoms. The summed E-state index contributed by atoms with van der Waals surface area (Å²) in [7, 11) is 0. The molecular formula is C27H21F4N5OS. The first kappa shape index (κ1) is 25.4. The number of nitrogens with two attached hydrogens (primary N) is 1. The maximum absolute atomic E-state index is 13.6. The molecule has 0 saturated heterocycles. The molecular weight excluding hydrogens is 518 g/mol. The average molecular weight is 540 g/mol. The molecule has 3 N–H and O–H groups in total. The van der Waals surface area contributed by atoms with Gasteiger partial charge >= 0.3 is 6.18 Å². The van der Waals surface area contributed by atoms with Crippen LogP contribution in [-0.4, -0.2) is 20.7 Å². The number of aryl methyl sites for hydroxylation is 1. The van der Waals surface area contributed by atoms with E-state index in [1.165, 1.54) is 12.1 Å². The molecule has 5 aromatic rings. The molecule has 0 saturated carbocycles. The molecule has 3 heterocycles. The Morgan fingerprint density at radius 2 is 1.76 bits per heavy atom. The third kappa shape index (κ3) is 4.72. The minimum absolute atomic E-state index is 0.00460. The third-order valence-corrected chi connectivity index (χ3v) is 7.24. The number of fused-ring (bicyclic) bond motifs is 1. The Hall–Kier alpha value is -4.25. The number of halogens is 4. The fourth-order valence-electron chi connectivity index (χ4n) is 4.25. The second-order valence-electron chi connectivity index (χ2n) is 8.73. The second-order valence-corrected chi connectivity index (χ2v) is 9.73. The molecule has 0 aliphatic carbocycles. The Labute approximate surface area is 218 Å². The van der Waals surface area contributed by atoms with Crippen molar-refractivity contribution in [3.63, 3.8) is 0 Å². The van der Waals surface area contributed by atoms with Gasteiger partial charge in [0.05, 0.1) is 29.3 Å². The lowest BCUT2D eigenvalue weighted by Crippen LogP contribution is -2.13. The van der Waals surface area contributed by atoms with Crippen molar-refractivity contribution >= 4 is 38.8 Å². The van der Waals surface area contributed by atoms with Gasteiger partial charge in [-0.15, -0.1) is 11.3 Å². The van der Waals surface area contributed by atoms with Crippen LogP contribution < -0.4 is 11.1 Å². The van der Waals surface area contributed by atoms with Gasteiger partial charge in [-0.1, -0.05) is 42.5 Å². The highest BCUT2D eigenvalue weighted by Crippen LogP contribution is 2.42. The molecule has 5 rings (SSSR count). The number of rotatable bonds is 5. The van der Waals surface area contributed by atoms with E-state index in [0.717, 1.165) is 35.1 Å². The lowest BCUT2D eigenvalue weighted by Gasteiger charge is -2.10. The minimum Gasteiger partial charge on any atom is -0.397 e. The maximum Gasteiger partial charge on any atom is 0.433 e. The van der Waals surface area contributed by atoms with E-state index >= 15 is 0 Å². The van der Waals surface area contributed by atoms with Crippen LogP contribution >= 0.6 is 11.3 Å². The summed E-state index contributed by atoms with van der Waals surface area (Å²) in [5.74, 6) is -1.12. The largest absolute Gasteiger partial charge is 0.433 e. The van der Waals surface area contributed by atoms with Crippen LogP contribution in [0.15, 0.2) is 60.7 Å². The SMILES string of the molecule is Cc1nn(Cc2ccccc2)c(C)c1NC(=O)c1sc2nc(C(F)(F)F)cc(-c3ccc(F)cc3)c2c1N. The summed E-state index contributed by atoms with van der Waals surface area (Å²) in [6, 6.07) is 15.6. The number of amides is 1. The topological polar surface area (TPSA) is 85.8 Å². The second kappa shape index (κ2) is 9.56. The number of carbonyl (C=O) groups is 1. The summed E-state index contributed by atoms with van der Waals surface area (Å²) in [6.07, 6.45) is -4.73. The number of pyridine rings is 1. The van der Waals surface area contributed by atoms with E-state index in [2.05, 4.69) is 15.4 Å². The molecule has 0 radical (unpaired) electrons. The molecule has 3 aromatic heterocycles. The Morgan fingerprint density at radius 1 is 1.08 bits per heavy atom. The van der Waals surface area contributed by atoms with Gasteiger partial charge in [0, 0.05) is 5.39 Å². The molecule has 0 bridgehead atoms. The summed E-state index contributed by atoms with van der Waals surface area (Å²) in [4.78, 5) is 17.1. The summed E-state index contributed by atoms with van der Waals surface area (Å²) < 4.78 is 56.2. The van der Waals surface area contributed by atoms with Gasteiger partial charge in [0.15, 0.2) is 0 Å². The number of nitrogens with one attached hydrogen (secondary N) is 1. The van der Waals surface area contributed by atoms with Crippen LogP contribution in [0, 0.1) is 19.7 Å². The summed E-state index contributed by atoms with van der Waals surface area (Å²) in [5.41, 5.74) is 8.44. The Balaban J connectivity index is 1.55. The number of benzene rings is 2. The maximum atomic E-state index is 13.6. The van der Waals surface area contributed by atoms with Crippen LogP contribution in [0.4, 0.5) is 28.9 Å². The number of alkyl halides is 3. The van der Waals surface area contributed by atoms with Crippen LogP contribution in [-0.2, 0) is 12.7 Å². The number of nitrogen functional groups attached to an aromatic ring is 1. The lowest BCUT2D eigenvalue weighted by atomic mass is 10.0. The van der Waals surface area contributed by atoms with Crippen LogP contribution in [0.2, 0.25) is 0 Å². The first-order valence-corrected chi connectivity index (χ1v) is 12.3. The Kier molecular flexibility index (Phi) is 6.39. The van der Waals surface area contributed by atoms with Crippen molar-refractivity contribution in [1.29, 1.82) is 0 Å². The number of thiophene rings is 1. The molecule has 2 aromatic carbocycles. The zero-order valence-corrected chi connectivity index (χ0v) is 21.0. The molecule has 0 aliphatic heterocycles. The van der Waals surface area contributed by atoms with E-state index in [1.807, 2.05) is 37.3 Å².